The summed E-state index contributed by atoms with van der Waals surface area (Å²) in [6, 6.07) is 0. The second kappa shape index (κ2) is 8.57. The minimum absolute atomic E-state index is 0.558. The second-order valence-electron chi connectivity index (χ2n) is 4.36. The van der Waals surface area contributed by atoms with Crippen molar-refractivity contribution in [2.75, 3.05) is 20.1 Å². The van der Waals surface area contributed by atoms with Gasteiger partial charge in [0, 0.05) is 25.2 Å². The van der Waals surface area contributed by atoms with Gasteiger partial charge in [0.25, 0.3) is 0 Å². The lowest BCUT2D eigenvalue weighted by Gasteiger charge is -2.22. The molecule has 0 saturated carbocycles. The molecule has 1 aromatic rings. The van der Waals surface area contributed by atoms with Gasteiger partial charge < -0.3 is 15.1 Å². The molecule has 3 N–H and O–H groups in total. The summed E-state index contributed by atoms with van der Waals surface area (Å²) in [7, 11) is 2.15. The Kier molecular flexibility index (Phi) is 7.09. The van der Waals surface area contributed by atoms with Crippen LogP contribution < -0.4 is 0 Å². The summed E-state index contributed by atoms with van der Waals surface area (Å²) in [5, 5.41) is 22.7. The van der Waals surface area contributed by atoms with E-state index in [-0.39, 0.29) is 0 Å². The van der Waals surface area contributed by atoms with Crippen LogP contribution in [0.2, 0.25) is 0 Å². The molecule has 1 aromatic heterocycles. The van der Waals surface area contributed by atoms with E-state index < -0.39 is 11.9 Å². The highest BCUT2D eigenvalue weighted by Crippen LogP contribution is 2.21. The Bertz CT molecular complexity index is 550. The number of hydrogen-bond donors (Lipinski definition) is 3. The number of nitrogens with one attached hydrogen (secondary N) is 1. The number of halogens is 1. The van der Waals surface area contributed by atoms with Gasteiger partial charge in [-0.25, -0.2) is 9.59 Å². The molecule has 2 heterocycles. The highest BCUT2D eigenvalue weighted by molar-refractivity contribution is 14.1. The fourth-order valence-electron chi connectivity index (χ4n) is 1.71. The lowest BCUT2D eigenvalue weighted by molar-refractivity contribution is -0.134. The Morgan fingerprint density at radius 3 is 2.43 bits per heavy atom. The molecule has 1 aliphatic rings. The molecule has 0 bridgehead atoms. The zero-order valence-corrected chi connectivity index (χ0v) is 13.6. The maximum Gasteiger partial charge on any atom is 0.328 e. The van der Waals surface area contributed by atoms with Crippen LogP contribution >= 0.6 is 22.6 Å². The number of aliphatic carboxylic acids is 2. The number of hydrogen-bond acceptors (Lipinski definition) is 4. The average Bonchev–Trinajstić information content (AvgIpc) is 2.83. The van der Waals surface area contributed by atoms with Crippen molar-refractivity contribution in [2.45, 2.75) is 6.42 Å². The Labute approximate surface area is 135 Å². The largest absolute Gasteiger partial charge is 0.478 e. The molecule has 0 fully saturated rings. The van der Waals surface area contributed by atoms with Crippen molar-refractivity contribution < 1.29 is 19.8 Å². The normalized spacial score (nSPS) is 15.2. The van der Waals surface area contributed by atoms with E-state index in [1.807, 2.05) is 6.20 Å². The third-order valence-electron chi connectivity index (χ3n) is 2.62. The smallest absolute Gasteiger partial charge is 0.328 e. The van der Waals surface area contributed by atoms with Gasteiger partial charge in [-0.05, 0) is 41.6 Å². The van der Waals surface area contributed by atoms with Crippen LogP contribution in [-0.4, -0.2) is 57.4 Å². The van der Waals surface area contributed by atoms with Crippen LogP contribution in [0.15, 0.2) is 24.4 Å². The summed E-state index contributed by atoms with van der Waals surface area (Å²) in [4.78, 5) is 21.4. The molecule has 1 aliphatic heterocycles. The van der Waals surface area contributed by atoms with Crippen molar-refractivity contribution in [3.63, 3.8) is 0 Å². The number of carbonyl (C=O) groups is 2. The van der Waals surface area contributed by atoms with Crippen LogP contribution in [0.5, 0.6) is 0 Å². The number of H-pyrrole nitrogens is 1. The number of rotatable bonds is 3. The number of carboxylic acid groups (broad SMARTS) is 2. The lowest BCUT2D eigenvalue weighted by atomic mass is 10.1. The van der Waals surface area contributed by atoms with Gasteiger partial charge >= 0.3 is 11.9 Å². The summed E-state index contributed by atoms with van der Waals surface area (Å²) in [5.41, 5.74) is 2.56. The van der Waals surface area contributed by atoms with Gasteiger partial charge in [-0.1, -0.05) is 6.08 Å². The molecule has 114 valence electrons. The van der Waals surface area contributed by atoms with Crippen molar-refractivity contribution in [3.8, 4) is 0 Å². The first kappa shape index (κ1) is 17.4. The summed E-state index contributed by atoms with van der Waals surface area (Å²) >= 11 is 2.31. The fraction of sp³-hybridized carbons (Fsp3) is 0.308. The van der Waals surface area contributed by atoms with E-state index in [4.69, 9.17) is 10.2 Å². The van der Waals surface area contributed by atoms with E-state index in [1.165, 1.54) is 14.8 Å². The van der Waals surface area contributed by atoms with Crippen molar-refractivity contribution in [1.82, 2.24) is 15.1 Å². The number of carboxylic acids is 2. The Morgan fingerprint density at radius 1 is 1.38 bits per heavy atom. The number of likely N-dealkylation sites (N-methyl/N-ethyl adjacent to an activating group) is 1. The average molecular weight is 405 g/mol. The van der Waals surface area contributed by atoms with E-state index in [0.29, 0.717) is 12.2 Å². The quantitative estimate of drug-likeness (QED) is 0.519. The summed E-state index contributed by atoms with van der Waals surface area (Å²) in [5.74, 6) is -2.51. The molecule has 0 aromatic carbocycles. The third-order valence-corrected chi connectivity index (χ3v) is 3.44. The summed E-state index contributed by atoms with van der Waals surface area (Å²) in [6.45, 7) is 2.19. The van der Waals surface area contributed by atoms with E-state index in [9.17, 15) is 9.59 Å². The van der Waals surface area contributed by atoms with Gasteiger partial charge in [-0.3, -0.25) is 5.10 Å². The summed E-state index contributed by atoms with van der Waals surface area (Å²) in [6.07, 6.45) is 6.42. The first-order valence-corrected chi connectivity index (χ1v) is 7.18. The summed E-state index contributed by atoms with van der Waals surface area (Å²) < 4.78 is 1.21. The maximum atomic E-state index is 9.55. The van der Waals surface area contributed by atoms with E-state index >= 15 is 0 Å². The molecule has 0 unspecified atom stereocenters. The number of aromatic nitrogens is 2. The van der Waals surface area contributed by atoms with Crippen LogP contribution in [0, 0.1) is 3.57 Å². The number of aromatic amines is 1. The minimum Gasteiger partial charge on any atom is -0.478 e. The van der Waals surface area contributed by atoms with E-state index in [1.54, 1.807) is 0 Å². The molecule has 0 saturated heterocycles. The molecule has 21 heavy (non-hydrogen) atoms. The molecule has 7 nitrogen and oxygen atoms in total. The van der Waals surface area contributed by atoms with Crippen LogP contribution in [0.25, 0.3) is 5.57 Å². The Morgan fingerprint density at radius 2 is 2.00 bits per heavy atom. The maximum absolute atomic E-state index is 9.55. The highest BCUT2D eigenvalue weighted by atomic mass is 127. The van der Waals surface area contributed by atoms with Gasteiger partial charge in [0.05, 0.1) is 15.5 Å². The molecule has 0 atom stereocenters. The standard InChI is InChI=1S/C9H12IN3.C4H4O4/c1-13-4-2-3-7(6-13)9-8(10)5-11-12-9;5-3(6)1-2-4(7)8/h3,5H,2,4,6H2,1H3,(H,11,12);1-2H,(H,5,6)(H,7,8)/b;2-1-. The van der Waals surface area contributed by atoms with Crippen molar-refractivity contribution in [3.05, 3.63) is 33.7 Å². The highest BCUT2D eigenvalue weighted by Gasteiger charge is 2.13. The predicted octanol–water partition coefficient (Wildman–Crippen LogP) is 1.45. The third kappa shape index (κ3) is 6.54. The van der Waals surface area contributed by atoms with Crippen molar-refractivity contribution in [1.29, 1.82) is 0 Å². The Hall–Kier alpha value is -1.68. The predicted molar refractivity (Wildman–Crippen MR) is 85.8 cm³/mol. The van der Waals surface area contributed by atoms with Gasteiger partial charge in [0.1, 0.15) is 0 Å². The first-order valence-electron chi connectivity index (χ1n) is 6.11. The molecule has 2 rings (SSSR count). The van der Waals surface area contributed by atoms with Gasteiger partial charge in [-0.2, -0.15) is 5.10 Å². The number of nitrogens with zero attached hydrogens (tertiary/aromatic N) is 2. The molecule has 0 spiro atoms. The minimum atomic E-state index is -1.26. The van der Waals surface area contributed by atoms with Crippen LogP contribution in [0.4, 0.5) is 0 Å². The molecule has 0 radical (unpaired) electrons. The topological polar surface area (TPSA) is 107 Å². The molecule has 0 aliphatic carbocycles. The fourth-order valence-corrected chi connectivity index (χ4v) is 2.32. The van der Waals surface area contributed by atoms with Crippen LogP contribution in [0.1, 0.15) is 12.1 Å². The molecular formula is C13H16IN3O4. The van der Waals surface area contributed by atoms with E-state index in [0.717, 1.165) is 19.5 Å². The Balaban J connectivity index is 0.000000240. The van der Waals surface area contributed by atoms with Crippen molar-refractivity contribution >= 4 is 40.1 Å². The van der Waals surface area contributed by atoms with E-state index in [2.05, 4.69) is 50.8 Å². The van der Waals surface area contributed by atoms with Gasteiger partial charge in [0.2, 0.25) is 0 Å². The second-order valence-corrected chi connectivity index (χ2v) is 5.52. The van der Waals surface area contributed by atoms with Crippen LogP contribution in [0.3, 0.4) is 0 Å². The SMILES string of the molecule is CN1CCC=C(c2[nH]ncc2I)C1.O=C(O)/C=C\C(=O)O. The molecule has 8 heteroatoms. The van der Waals surface area contributed by atoms with Gasteiger partial charge in [-0.15, -0.1) is 0 Å². The molecule has 0 amide bonds. The zero-order chi connectivity index (χ0) is 15.8. The molecular weight excluding hydrogens is 389 g/mol. The van der Waals surface area contributed by atoms with Crippen molar-refractivity contribution in [2.24, 2.45) is 0 Å². The van der Waals surface area contributed by atoms with Gasteiger partial charge in [0.15, 0.2) is 0 Å². The first-order chi connectivity index (χ1) is 9.90. The zero-order valence-electron chi connectivity index (χ0n) is 11.4. The monoisotopic (exact) mass is 405 g/mol. The van der Waals surface area contributed by atoms with Crippen LogP contribution in [-0.2, 0) is 9.59 Å². The lowest BCUT2D eigenvalue weighted by Crippen LogP contribution is -2.25.